The molecule has 0 saturated carbocycles. The molecule has 1 aromatic rings. The Morgan fingerprint density at radius 1 is 1.50 bits per heavy atom. The van der Waals surface area contributed by atoms with Crippen LogP contribution in [0.1, 0.15) is 5.56 Å². The van der Waals surface area contributed by atoms with E-state index in [1.165, 1.54) is 14.0 Å². The van der Waals surface area contributed by atoms with Crippen molar-refractivity contribution in [3.63, 3.8) is 0 Å². The van der Waals surface area contributed by atoms with Gasteiger partial charge in [0.05, 0.1) is 0 Å². The molecule has 0 amide bonds. The third-order valence-electron chi connectivity index (χ3n) is 1.78. The molecule has 0 spiro atoms. The maximum atomic E-state index is 13.1. The molecule has 78 valence electrons. The van der Waals surface area contributed by atoms with Crippen LogP contribution in [0.2, 0.25) is 0 Å². The summed E-state index contributed by atoms with van der Waals surface area (Å²) in [6.45, 7) is 1.19. The number of aromatic nitrogens is 1. The molecule has 0 aliphatic heterocycles. The van der Waals surface area contributed by atoms with E-state index in [0.29, 0.717) is 0 Å². The molecule has 1 rings (SSSR count). The molecule has 0 unspecified atom stereocenters. The Balaban J connectivity index is 3.75. The van der Waals surface area contributed by atoms with E-state index in [0.717, 1.165) is 10.8 Å². The van der Waals surface area contributed by atoms with Gasteiger partial charge in [0, 0.05) is 29.5 Å². The molecule has 0 N–H and O–H groups in total. The summed E-state index contributed by atoms with van der Waals surface area (Å²) in [5.74, 6) is -1.10. The van der Waals surface area contributed by atoms with Crippen molar-refractivity contribution in [2.24, 2.45) is 7.05 Å². The molecule has 7 heteroatoms. The largest absolute Gasteiger partial charge is 0.315 e. The lowest BCUT2D eigenvalue weighted by molar-refractivity contribution is 0.565. The van der Waals surface area contributed by atoms with Crippen molar-refractivity contribution >= 4 is 19.7 Å². The van der Waals surface area contributed by atoms with Gasteiger partial charge in [0.1, 0.15) is 4.90 Å². The quantitative estimate of drug-likeness (QED) is 0.680. The van der Waals surface area contributed by atoms with Gasteiger partial charge in [-0.05, 0) is 6.92 Å². The summed E-state index contributed by atoms with van der Waals surface area (Å²) in [6, 6.07) is 0. The summed E-state index contributed by atoms with van der Waals surface area (Å²) in [5.41, 5.74) is -1.14. The van der Waals surface area contributed by atoms with Gasteiger partial charge in [-0.3, -0.25) is 4.79 Å². The van der Waals surface area contributed by atoms with Gasteiger partial charge < -0.3 is 4.57 Å². The molecule has 0 aromatic carbocycles. The second kappa shape index (κ2) is 3.36. The zero-order valence-electron chi connectivity index (χ0n) is 7.41. The zero-order chi connectivity index (χ0) is 11.1. The molecule has 4 nitrogen and oxygen atoms in total. The Hall–Kier alpha value is -0.880. The zero-order valence-corrected chi connectivity index (χ0v) is 8.99. The minimum atomic E-state index is -4.02. The number of rotatable bonds is 1. The fourth-order valence-electron chi connectivity index (χ4n) is 1.00. The van der Waals surface area contributed by atoms with Crippen LogP contribution in [-0.2, 0) is 16.1 Å². The Morgan fingerprint density at radius 3 is 2.43 bits per heavy atom. The maximum Gasteiger partial charge on any atom is 0.286 e. The lowest BCUT2D eigenvalue weighted by Gasteiger charge is -2.05. The summed E-state index contributed by atoms with van der Waals surface area (Å²) in [7, 11) is 2.27. The van der Waals surface area contributed by atoms with Crippen LogP contribution < -0.4 is 5.56 Å². The number of aryl methyl sites for hydroxylation is 1. The van der Waals surface area contributed by atoms with Gasteiger partial charge in [-0.25, -0.2) is 12.8 Å². The van der Waals surface area contributed by atoms with E-state index >= 15 is 0 Å². The van der Waals surface area contributed by atoms with Gasteiger partial charge in [0.15, 0.2) is 5.82 Å². The number of pyridine rings is 1. The van der Waals surface area contributed by atoms with E-state index in [2.05, 4.69) is 0 Å². The molecule has 1 heterocycles. The third kappa shape index (κ3) is 1.80. The smallest absolute Gasteiger partial charge is 0.286 e. The first kappa shape index (κ1) is 11.2. The van der Waals surface area contributed by atoms with E-state index in [1.807, 2.05) is 0 Å². The van der Waals surface area contributed by atoms with Crippen molar-refractivity contribution in [1.82, 2.24) is 4.57 Å². The second-order valence-electron chi connectivity index (χ2n) is 2.79. The van der Waals surface area contributed by atoms with Crippen LogP contribution >= 0.6 is 10.7 Å². The highest BCUT2D eigenvalue weighted by Crippen LogP contribution is 2.18. The topological polar surface area (TPSA) is 56.1 Å². The molecule has 14 heavy (non-hydrogen) atoms. The monoisotopic (exact) mass is 239 g/mol. The summed E-state index contributed by atoms with van der Waals surface area (Å²) in [6.07, 6.45) is 0.989. The van der Waals surface area contributed by atoms with Crippen molar-refractivity contribution in [3.8, 4) is 0 Å². The van der Waals surface area contributed by atoms with E-state index in [9.17, 15) is 17.6 Å². The first-order chi connectivity index (χ1) is 6.25. The Bertz CT molecular complexity index is 535. The van der Waals surface area contributed by atoms with Crippen LogP contribution in [0.3, 0.4) is 0 Å². The van der Waals surface area contributed by atoms with Crippen LogP contribution in [0.5, 0.6) is 0 Å². The second-order valence-corrected chi connectivity index (χ2v) is 5.32. The Labute approximate surface area is 84.4 Å². The van der Waals surface area contributed by atoms with Crippen LogP contribution in [0.4, 0.5) is 4.39 Å². The predicted octanol–water partition coefficient (Wildman–Crippen LogP) is 0.760. The first-order valence-electron chi connectivity index (χ1n) is 3.55. The molecule has 1 aromatic heterocycles. The molecule has 0 radical (unpaired) electrons. The van der Waals surface area contributed by atoms with E-state index in [-0.39, 0.29) is 5.56 Å². The van der Waals surface area contributed by atoms with Crippen LogP contribution in [0.25, 0.3) is 0 Å². The van der Waals surface area contributed by atoms with Gasteiger partial charge in [-0.15, -0.1) is 0 Å². The van der Waals surface area contributed by atoms with Crippen molar-refractivity contribution in [2.75, 3.05) is 0 Å². The number of hydrogen-bond acceptors (Lipinski definition) is 3. The molecule has 0 saturated heterocycles. The average Bonchev–Trinajstić information content (AvgIpc) is 2.06. The van der Waals surface area contributed by atoms with Gasteiger partial charge >= 0.3 is 0 Å². The number of halogens is 2. The third-order valence-corrected chi connectivity index (χ3v) is 3.22. The van der Waals surface area contributed by atoms with Gasteiger partial charge in [-0.2, -0.15) is 0 Å². The fraction of sp³-hybridized carbons (Fsp3) is 0.286. The lowest BCUT2D eigenvalue weighted by Crippen LogP contribution is -2.22. The lowest BCUT2D eigenvalue weighted by atomic mass is 10.3. The molecule has 0 atom stereocenters. The summed E-state index contributed by atoms with van der Waals surface area (Å²) >= 11 is 0. The molecule has 0 bridgehead atoms. The molecular weight excluding hydrogens is 233 g/mol. The van der Waals surface area contributed by atoms with Crippen molar-refractivity contribution < 1.29 is 12.8 Å². The molecule has 0 fully saturated rings. The van der Waals surface area contributed by atoms with Crippen molar-refractivity contribution in [2.45, 2.75) is 11.8 Å². The van der Waals surface area contributed by atoms with Gasteiger partial charge in [0.25, 0.3) is 14.6 Å². The Kier molecular flexibility index (Phi) is 2.69. The highest BCUT2D eigenvalue weighted by Gasteiger charge is 2.19. The van der Waals surface area contributed by atoms with Crippen molar-refractivity contribution in [3.05, 3.63) is 27.9 Å². The molecule has 0 aliphatic carbocycles. The Morgan fingerprint density at radius 2 is 2.00 bits per heavy atom. The normalized spacial score (nSPS) is 11.7. The summed E-state index contributed by atoms with van der Waals surface area (Å²) in [4.78, 5) is 10.6. The highest BCUT2D eigenvalue weighted by atomic mass is 35.7. The van der Waals surface area contributed by atoms with E-state index in [4.69, 9.17) is 10.7 Å². The van der Waals surface area contributed by atoms with E-state index in [1.54, 1.807) is 0 Å². The van der Waals surface area contributed by atoms with Crippen molar-refractivity contribution in [1.29, 1.82) is 0 Å². The standard InChI is InChI=1S/C7H7ClFNO3S/c1-4-5(14(8,12)13)3-10(2)7(11)6(4)9/h3H,1-2H3. The van der Waals surface area contributed by atoms with Crippen LogP contribution in [0, 0.1) is 12.7 Å². The first-order valence-corrected chi connectivity index (χ1v) is 5.86. The highest BCUT2D eigenvalue weighted by molar-refractivity contribution is 8.13. The van der Waals surface area contributed by atoms with Crippen LogP contribution in [-0.4, -0.2) is 13.0 Å². The summed E-state index contributed by atoms with van der Waals surface area (Å²) in [5, 5.41) is 0. The number of hydrogen-bond donors (Lipinski definition) is 0. The van der Waals surface area contributed by atoms with Gasteiger partial charge in [0.2, 0.25) is 0 Å². The van der Waals surface area contributed by atoms with Gasteiger partial charge in [-0.1, -0.05) is 0 Å². The predicted molar refractivity (Wildman–Crippen MR) is 49.4 cm³/mol. The van der Waals surface area contributed by atoms with E-state index < -0.39 is 25.3 Å². The van der Waals surface area contributed by atoms with Crippen LogP contribution in [0.15, 0.2) is 15.9 Å². The molecule has 0 aliphatic rings. The number of nitrogens with zero attached hydrogens (tertiary/aromatic N) is 1. The average molecular weight is 240 g/mol. The molecular formula is C7H7ClFNO3S. The SMILES string of the molecule is Cc1c(S(=O)(=O)Cl)cn(C)c(=O)c1F. The minimum absolute atomic E-state index is 0.261. The summed E-state index contributed by atoms with van der Waals surface area (Å²) < 4.78 is 35.9. The minimum Gasteiger partial charge on any atom is -0.315 e. The fourth-order valence-corrected chi connectivity index (χ4v) is 2.21. The maximum absolute atomic E-state index is 13.1.